The minimum Gasteiger partial charge on any atom is -0.338 e. The average molecular weight is 430 g/mol. The minimum atomic E-state index is -3.55. The van der Waals surface area contributed by atoms with Crippen LogP contribution >= 0.6 is 11.3 Å². The summed E-state index contributed by atoms with van der Waals surface area (Å²) in [5.74, 6) is -0.900. The molecule has 3 aromatic rings. The van der Waals surface area contributed by atoms with Crippen molar-refractivity contribution in [2.24, 2.45) is 0 Å². The normalized spacial score (nSPS) is 18.9. The highest BCUT2D eigenvalue weighted by Gasteiger charge is 2.34. The molecular weight excluding hydrogens is 409 g/mol. The molecule has 1 atom stereocenters. The Bertz CT molecular complexity index is 1110. The summed E-state index contributed by atoms with van der Waals surface area (Å²) in [7, 11) is -3.55. The van der Waals surface area contributed by atoms with Crippen LogP contribution < -0.4 is 0 Å². The van der Waals surface area contributed by atoms with Crippen molar-refractivity contribution >= 4 is 27.1 Å². The number of halogens is 1. The number of carbonyl (C=O) groups is 1. The third-order valence-electron chi connectivity index (χ3n) is 5.22. The van der Waals surface area contributed by atoms with E-state index in [9.17, 15) is 17.6 Å². The van der Waals surface area contributed by atoms with Gasteiger partial charge in [-0.05, 0) is 41.6 Å². The Morgan fingerprint density at radius 3 is 2.45 bits per heavy atom. The van der Waals surface area contributed by atoms with Crippen molar-refractivity contribution in [2.75, 3.05) is 18.8 Å². The molecule has 0 saturated carbocycles. The van der Waals surface area contributed by atoms with Gasteiger partial charge in [-0.25, -0.2) is 12.8 Å². The zero-order valence-corrected chi connectivity index (χ0v) is 17.3. The third-order valence-corrected chi connectivity index (χ3v) is 8.24. The molecular formula is C22H20FNO3S2. The first-order valence-electron chi connectivity index (χ1n) is 9.35. The Hall–Kier alpha value is -2.51. The van der Waals surface area contributed by atoms with Gasteiger partial charge in [-0.1, -0.05) is 36.4 Å². The topological polar surface area (TPSA) is 54.5 Å². The summed E-state index contributed by atoms with van der Waals surface area (Å²) >= 11 is 1.63. The van der Waals surface area contributed by atoms with Crippen LogP contribution in [-0.4, -0.2) is 38.1 Å². The summed E-state index contributed by atoms with van der Waals surface area (Å²) in [4.78, 5) is 15.6. The fourth-order valence-electron chi connectivity index (χ4n) is 3.63. The molecule has 2 aromatic carbocycles. The average Bonchev–Trinajstić information content (AvgIpc) is 3.21. The Morgan fingerprint density at radius 2 is 1.76 bits per heavy atom. The van der Waals surface area contributed by atoms with Gasteiger partial charge in [-0.2, -0.15) is 0 Å². The first-order chi connectivity index (χ1) is 14.0. The molecule has 1 amide bonds. The molecule has 0 bridgehead atoms. The first-order valence-corrected chi connectivity index (χ1v) is 11.9. The van der Waals surface area contributed by atoms with Crippen molar-refractivity contribution in [3.63, 3.8) is 0 Å². The molecule has 4 nitrogen and oxygen atoms in total. The van der Waals surface area contributed by atoms with Gasteiger partial charge in [0.15, 0.2) is 9.84 Å². The molecule has 0 N–H and O–H groups in total. The van der Waals surface area contributed by atoms with Crippen LogP contribution in [0.4, 0.5) is 4.39 Å². The van der Waals surface area contributed by atoms with Crippen molar-refractivity contribution in [3.05, 3.63) is 83.0 Å². The van der Waals surface area contributed by atoms with Crippen molar-refractivity contribution in [3.8, 4) is 10.4 Å². The van der Waals surface area contributed by atoms with Crippen LogP contribution in [0.25, 0.3) is 10.4 Å². The molecule has 0 spiro atoms. The SMILES string of the molecule is O=C(c1ccc(-c2cccs2)cc1)N1CC[C@@H](c2ccccc2F)S(=O)(=O)CC1. The number of benzene rings is 2. The van der Waals surface area contributed by atoms with E-state index in [2.05, 4.69) is 0 Å². The zero-order valence-electron chi connectivity index (χ0n) is 15.6. The van der Waals surface area contributed by atoms with E-state index in [0.29, 0.717) is 5.56 Å². The maximum atomic E-state index is 14.2. The van der Waals surface area contributed by atoms with Crippen molar-refractivity contribution in [1.29, 1.82) is 0 Å². The lowest BCUT2D eigenvalue weighted by Gasteiger charge is -2.20. The number of rotatable bonds is 3. The molecule has 1 aromatic heterocycles. The van der Waals surface area contributed by atoms with Gasteiger partial charge in [-0.15, -0.1) is 11.3 Å². The third kappa shape index (κ3) is 4.11. The fraction of sp³-hybridized carbons (Fsp3) is 0.227. The second kappa shape index (κ2) is 8.08. The van der Waals surface area contributed by atoms with Crippen LogP contribution in [0.15, 0.2) is 66.0 Å². The van der Waals surface area contributed by atoms with E-state index in [1.807, 2.05) is 29.6 Å². The Kier molecular flexibility index (Phi) is 5.52. The van der Waals surface area contributed by atoms with E-state index in [-0.39, 0.29) is 36.7 Å². The molecule has 1 aliphatic rings. The Balaban J connectivity index is 1.53. The summed E-state index contributed by atoms with van der Waals surface area (Å²) in [5.41, 5.74) is 1.74. The quantitative estimate of drug-likeness (QED) is 0.614. The van der Waals surface area contributed by atoms with E-state index >= 15 is 0 Å². The summed E-state index contributed by atoms with van der Waals surface area (Å²) < 4.78 is 39.6. The van der Waals surface area contributed by atoms with E-state index in [0.717, 1.165) is 10.4 Å². The standard InChI is InChI=1S/C22H20FNO3S2/c23-19-5-2-1-4-18(19)21-11-12-24(13-15-29(21,26)27)22(25)17-9-7-16(8-10-17)20-6-3-14-28-20/h1-10,14,21H,11-13,15H2/t21-/m0/s1. The molecule has 1 saturated heterocycles. The number of hydrogen-bond acceptors (Lipinski definition) is 4. The van der Waals surface area contributed by atoms with Crippen LogP contribution in [0.1, 0.15) is 27.6 Å². The van der Waals surface area contributed by atoms with E-state index in [4.69, 9.17) is 0 Å². The highest BCUT2D eigenvalue weighted by atomic mass is 32.2. The number of sulfone groups is 1. The molecule has 0 aliphatic carbocycles. The van der Waals surface area contributed by atoms with Crippen LogP contribution in [0.3, 0.4) is 0 Å². The summed E-state index contributed by atoms with van der Waals surface area (Å²) in [6.45, 7) is 0.378. The Labute approximate surface area is 173 Å². The van der Waals surface area contributed by atoms with Crippen LogP contribution in [0.2, 0.25) is 0 Å². The molecule has 0 radical (unpaired) electrons. The van der Waals surface area contributed by atoms with Gasteiger partial charge < -0.3 is 4.90 Å². The molecule has 1 aliphatic heterocycles. The van der Waals surface area contributed by atoms with Crippen molar-refractivity contribution in [2.45, 2.75) is 11.7 Å². The van der Waals surface area contributed by atoms with Gasteiger partial charge in [0.2, 0.25) is 0 Å². The molecule has 1 fully saturated rings. The largest absolute Gasteiger partial charge is 0.338 e. The number of amides is 1. The van der Waals surface area contributed by atoms with E-state index in [1.54, 1.807) is 34.4 Å². The highest BCUT2D eigenvalue weighted by Crippen LogP contribution is 2.31. The number of carbonyl (C=O) groups excluding carboxylic acids is 1. The van der Waals surface area contributed by atoms with Gasteiger partial charge in [0.05, 0.1) is 11.0 Å². The summed E-state index contributed by atoms with van der Waals surface area (Å²) in [6.07, 6.45) is 0.183. The predicted molar refractivity (Wildman–Crippen MR) is 113 cm³/mol. The molecule has 150 valence electrons. The molecule has 2 heterocycles. The molecule has 29 heavy (non-hydrogen) atoms. The van der Waals surface area contributed by atoms with Crippen molar-refractivity contribution < 1.29 is 17.6 Å². The maximum Gasteiger partial charge on any atom is 0.253 e. The second-order valence-electron chi connectivity index (χ2n) is 7.01. The summed E-state index contributed by atoms with van der Waals surface area (Å²) in [5, 5.41) is 1.07. The first kappa shape index (κ1) is 19.8. The highest BCUT2D eigenvalue weighted by molar-refractivity contribution is 7.91. The smallest absolute Gasteiger partial charge is 0.253 e. The predicted octanol–water partition coefficient (Wildman–Crippen LogP) is 4.56. The molecule has 0 unspecified atom stereocenters. The lowest BCUT2D eigenvalue weighted by atomic mass is 10.1. The van der Waals surface area contributed by atoms with Gasteiger partial charge in [0, 0.05) is 29.1 Å². The van der Waals surface area contributed by atoms with Gasteiger partial charge in [0.1, 0.15) is 5.82 Å². The van der Waals surface area contributed by atoms with Crippen LogP contribution in [0, 0.1) is 5.82 Å². The zero-order chi connectivity index (χ0) is 20.4. The number of thiophene rings is 1. The van der Waals surface area contributed by atoms with Crippen LogP contribution in [-0.2, 0) is 9.84 Å². The number of hydrogen-bond donors (Lipinski definition) is 0. The van der Waals surface area contributed by atoms with Gasteiger partial charge in [0.25, 0.3) is 5.91 Å². The monoisotopic (exact) mass is 429 g/mol. The molecule has 7 heteroatoms. The Morgan fingerprint density at radius 1 is 1.00 bits per heavy atom. The molecule has 4 rings (SSSR count). The van der Waals surface area contributed by atoms with Gasteiger partial charge >= 0.3 is 0 Å². The summed E-state index contributed by atoms with van der Waals surface area (Å²) in [6, 6.07) is 17.3. The number of nitrogens with zero attached hydrogens (tertiary/aromatic N) is 1. The minimum absolute atomic E-state index is 0.110. The fourth-order valence-corrected chi connectivity index (χ4v) is 6.17. The van der Waals surface area contributed by atoms with Crippen LogP contribution in [0.5, 0.6) is 0 Å². The van der Waals surface area contributed by atoms with Gasteiger partial charge in [-0.3, -0.25) is 4.79 Å². The lowest BCUT2D eigenvalue weighted by molar-refractivity contribution is 0.0766. The second-order valence-corrected chi connectivity index (χ2v) is 10.3. The maximum absolute atomic E-state index is 14.2. The lowest BCUT2D eigenvalue weighted by Crippen LogP contribution is -2.33. The van der Waals surface area contributed by atoms with E-state index < -0.39 is 20.9 Å². The van der Waals surface area contributed by atoms with E-state index in [1.165, 1.54) is 18.2 Å². The van der Waals surface area contributed by atoms with Crippen molar-refractivity contribution in [1.82, 2.24) is 4.90 Å².